The SMILES string of the molecule is Cc1nc(-c2cccnc2)sc1C(=O)Nc1sc(C(N)=O)c(C)c1C(=O)OC(C)C. The van der Waals surface area contributed by atoms with E-state index in [1.807, 2.05) is 6.07 Å². The lowest BCUT2D eigenvalue weighted by atomic mass is 10.1. The number of hydrogen-bond donors (Lipinski definition) is 2. The number of nitrogens with zero attached hydrogens (tertiary/aromatic N) is 2. The predicted molar refractivity (Wildman–Crippen MR) is 116 cm³/mol. The molecule has 30 heavy (non-hydrogen) atoms. The van der Waals surface area contributed by atoms with Gasteiger partial charge in [0.2, 0.25) is 0 Å². The van der Waals surface area contributed by atoms with E-state index in [-0.39, 0.29) is 21.5 Å². The molecule has 3 rings (SSSR count). The van der Waals surface area contributed by atoms with Gasteiger partial charge in [-0.25, -0.2) is 9.78 Å². The minimum Gasteiger partial charge on any atom is -0.459 e. The van der Waals surface area contributed by atoms with Gasteiger partial charge in [-0.2, -0.15) is 0 Å². The molecule has 0 atom stereocenters. The number of thiazole rings is 1. The van der Waals surface area contributed by atoms with Crippen LogP contribution in [-0.4, -0.2) is 33.9 Å². The summed E-state index contributed by atoms with van der Waals surface area (Å²) in [5.74, 6) is -1.74. The van der Waals surface area contributed by atoms with E-state index in [2.05, 4.69) is 15.3 Å². The molecule has 0 unspecified atom stereocenters. The highest BCUT2D eigenvalue weighted by molar-refractivity contribution is 7.19. The van der Waals surface area contributed by atoms with Gasteiger partial charge in [0.1, 0.15) is 14.9 Å². The summed E-state index contributed by atoms with van der Waals surface area (Å²) in [5.41, 5.74) is 7.28. The number of ether oxygens (including phenoxy) is 1. The monoisotopic (exact) mass is 444 g/mol. The van der Waals surface area contributed by atoms with Crippen LogP contribution in [0.5, 0.6) is 0 Å². The third-order valence-corrected chi connectivity index (χ3v) is 6.48. The fourth-order valence-corrected chi connectivity index (χ4v) is 4.73. The quantitative estimate of drug-likeness (QED) is 0.557. The summed E-state index contributed by atoms with van der Waals surface area (Å²) in [5, 5.41) is 3.60. The van der Waals surface area contributed by atoms with Gasteiger partial charge in [0.15, 0.2) is 0 Å². The summed E-state index contributed by atoms with van der Waals surface area (Å²) >= 11 is 2.16. The molecule has 2 amide bonds. The summed E-state index contributed by atoms with van der Waals surface area (Å²) < 4.78 is 5.27. The predicted octanol–water partition coefficient (Wildman–Crippen LogP) is 3.80. The third kappa shape index (κ3) is 4.39. The summed E-state index contributed by atoms with van der Waals surface area (Å²) in [6, 6.07) is 3.65. The standard InChI is InChI=1S/C20H20N4O4S2/c1-9(2)28-20(27)13-10(3)14(16(21)25)29-19(13)24-17(26)15-11(4)23-18(30-15)12-6-5-7-22-8-12/h5-9H,1-4H3,(H2,21,25)(H,24,26). The maximum absolute atomic E-state index is 12.9. The third-order valence-electron chi connectivity index (χ3n) is 4.06. The Hall–Kier alpha value is -3.11. The summed E-state index contributed by atoms with van der Waals surface area (Å²) in [7, 11) is 0. The Morgan fingerprint density at radius 3 is 2.50 bits per heavy atom. The molecule has 0 aliphatic heterocycles. The molecule has 3 N–H and O–H groups in total. The largest absolute Gasteiger partial charge is 0.459 e. The number of amides is 2. The average Bonchev–Trinajstić information content (AvgIpc) is 3.22. The lowest BCUT2D eigenvalue weighted by Crippen LogP contribution is -2.17. The molecule has 10 heteroatoms. The maximum Gasteiger partial charge on any atom is 0.341 e. The van der Waals surface area contributed by atoms with Gasteiger partial charge in [0.25, 0.3) is 11.8 Å². The zero-order valence-corrected chi connectivity index (χ0v) is 18.4. The molecule has 0 spiro atoms. The molecule has 0 radical (unpaired) electrons. The average molecular weight is 445 g/mol. The number of hydrogen-bond acceptors (Lipinski definition) is 8. The Labute approximate surface area is 181 Å². The smallest absolute Gasteiger partial charge is 0.341 e. The first kappa shape index (κ1) is 21.6. The van der Waals surface area contributed by atoms with Crippen molar-refractivity contribution in [2.45, 2.75) is 33.8 Å². The van der Waals surface area contributed by atoms with Crippen molar-refractivity contribution < 1.29 is 19.1 Å². The molecular formula is C20H20N4O4S2. The van der Waals surface area contributed by atoms with Gasteiger partial charge in [-0.1, -0.05) is 0 Å². The van der Waals surface area contributed by atoms with Crippen molar-refractivity contribution in [3.8, 4) is 10.6 Å². The van der Waals surface area contributed by atoms with Crippen molar-refractivity contribution in [2.75, 3.05) is 5.32 Å². The summed E-state index contributed by atoms with van der Waals surface area (Å²) in [6.07, 6.45) is 2.97. The van der Waals surface area contributed by atoms with Gasteiger partial charge in [-0.05, 0) is 45.4 Å². The Morgan fingerprint density at radius 2 is 1.90 bits per heavy atom. The van der Waals surface area contributed by atoms with E-state index >= 15 is 0 Å². The number of nitrogens with one attached hydrogen (secondary N) is 1. The number of aryl methyl sites for hydroxylation is 1. The van der Waals surface area contributed by atoms with Crippen LogP contribution >= 0.6 is 22.7 Å². The molecule has 0 aliphatic rings. The van der Waals surface area contributed by atoms with Crippen LogP contribution in [0.1, 0.15) is 54.8 Å². The van der Waals surface area contributed by atoms with E-state index in [1.54, 1.807) is 46.2 Å². The molecule has 0 aromatic carbocycles. The number of pyridine rings is 1. The maximum atomic E-state index is 12.9. The van der Waals surface area contributed by atoms with Crippen molar-refractivity contribution in [1.29, 1.82) is 0 Å². The normalized spacial score (nSPS) is 10.8. The Bertz CT molecular complexity index is 1120. The fraction of sp³-hybridized carbons (Fsp3) is 0.250. The lowest BCUT2D eigenvalue weighted by molar-refractivity contribution is 0.0379. The highest BCUT2D eigenvalue weighted by Gasteiger charge is 2.27. The molecule has 8 nitrogen and oxygen atoms in total. The van der Waals surface area contributed by atoms with Crippen LogP contribution in [0.3, 0.4) is 0 Å². The highest BCUT2D eigenvalue weighted by Crippen LogP contribution is 2.35. The van der Waals surface area contributed by atoms with Crippen LogP contribution < -0.4 is 11.1 Å². The zero-order chi connectivity index (χ0) is 22.0. The fourth-order valence-electron chi connectivity index (χ4n) is 2.74. The molecule has 0 fully saturated rings. The number of nitrogens with two attached hydrogens (primary N) is 1. The first-order valence-corrected chi connectivity index (χ1v) is 10.7. The molecular weight excluding hydrogens is 424 g/mol. The van der Waals surface area contributed by atoms with Gasteiger partial charge in [-0.3, -0.25) is 14.6 Å². The molecule has 0 saturated carbocycles. The number of carbonyl (C=O) groups is 3. The van der Waals surface area contributed by atoms with Crippen LogP contribution in [0.25, 0.3) is 10.6 Å². The lowest BCUT2D eigenvalue weighted by Gasteiger charge is -2.10. The van der Waals surface area contributed by atoms with Gasteiger partial charge < -0.3 is 15.8 Å². The van der Waals surface area contributed by atoms with Crippen LogP contribution in [0.2, 0.25) is 0 Å². The number of anilines is 1. The molecule has 0 saturated heterocycles. The summed E-state index contributed by atoms with van der Waals surface area (Å²) in [4.78, 5) is 46.4. The van der Waals surface area contributed by atoms with Crippen molar-refractivity contribution in [3.63, 3.8) is 0 Å². The molecule has 3 heterocycles. The van der Waals surface area contributed by atoms with Crippen LogP contribution in [0.15, 0.2) is 24.5 Å². The number of esters is 1. The van der Waals surface area contributed by atoms with E-state index in [9.17, 15) is 14.4 Å². The van der Waals surface area contributed by atoms with Crippen molar-refractivity contribution in [2.24, 2.45) is 5.73 Å². The first-order valence-electron chi connectivity index (χ1n) is 9.02. The molecule has 0 bridgehead atoms. The topological polar surface area (TPSA) is 124 Å². The van der Waals surface area contributed by atoms with Gasteiger partial charge in [0.05, 0.1) is 22.2 Å². The van der Waals surface area contributed by atoms with E-state index in [1.165, 1.54) is 11.3 Å². The van der Waals surface area contributed by atoms with E-state index in [4.69, 9.17) is 10.5 Å². The van der Waals surface area contributed by atoms with Crippen LogP contribution in [0.4, 0.5) is 5.00 Å². The van der Waals surface area contributed by atoms with E-state index in [0.29, 0.717) is 21.1 Å². The second kappa shape index (κ2) is 8.72. The highest BCUT2D eigenvalue weighted by atomic mass is 32.1. The van der Waals surface area contributed by atoms with E-state index in [0.717, 1.165) is 16.9 Å². The summed E-state index contributed by atoms with van der Waals surface area (Å²) in [6.45, 7) is 6.76. The number of aromatic nitrogens is 2. The molecule has 3 aromatic heterocycles. The molecule has 0 aliphatic carbocycles. The Balaban J connectivity index is 1.95. The van der Waals surface area contributed by atoms with Crippen LogP contribution in [0, 0.1) is 13.8 Å². The number of thiophene rings is 1. The van der Waals surface area contributed by atoms with Crippen LogP contribution in [-0.2, 0) is 4.74 Å². The Kier molecular flexibility index (Phi) is 6.28. The van der Waals surface area contributed by atoms with Gasteiger partial charge in [0, 0.05) is 18.0 Å². The number of primary amides is 1. The zero-order valence-electron chi connectivity index (χ0n) is 16.8. The van der Waals surface area contributed by atoms with Crippen molar-refractivity contribution >= 4 is 45.5 Å². The van der Waals surface area contributed by atoms with E-state index < -0.39 is 17.8 Å². The Morgan fingerprint density at radius 1 is 1.17 bits per heavy atom. The van der Waals surface area contributed by atoms with Gasteiger partial charge >= 0.3 is 5.97 Å². The van der Waals surface area contributed by atoms with Crippen molar-refractivity contribution in [1.82, 2.24) is 9.97 Å². The number of rotatable bonds is 6. The second-order valence-corrected chi connectivity index (χ2v) is 8.73. The minimum atomic E-state index is -0.676. The molecule has 3 aromatic rings. The van der Waals surface area contributed by atoms with Gasteiger partial charge in [-0.15, -0.1) is 22.7 Å². The first-order chi connectivity index (χ1) is 14.2. The molecule has 156 valence electrons. The number of carbonyl (C=O) groups excluding carboxylic acids is 3. The minimum absolute atomic E-state index is 0.130. The van der Waals surface area contributed by atoms with Crippen molar-refractivity contribution in [3.05, 3.63) is 51.1 Å². The second-order valence-electron chi connectivity index (χ2n) is 6.71.